The van der Waals surface area contributed by atoms with Crippen LogP contribution in [0.4, 0.5) is 5.69 Å². The molecule has 1 aromatic rings. The van der Waals surface area contributed by atoms with E-state index in [1.54, 1.807) is 11.1 Å². The van der Waals surface area contributed by atoms with Crippen molar-refractivity contribution < 1.29 is 0 Å². The van der Waals surface area contributed by atoms with Crippen LogP contribution >= 0.6 is 0 Å². The molecule has 0 saturated heterocycles. The molecule has 1 aromatic carbocycles. The van der Waals surface area contributed by atoms with Crippen LogP contribution in [0.3, 0.4) is 0 Å². The van der Waals surface area contributed by atoms with Gasteiger partial charge in [0.15, 0.2) is 0 Å². The number of para-hydroxylation sites is 1. The highest BCUT2D eigenvalue weighted by Gasteiger charge is 2.34. The second-order valence-electron chi connectivity index (χ2n) is 7.16. The Morgan fingerprint density at radius 2 is 1.77 bits per heavy atom. The molecule has 0 amide bonds. The molecule has 0 spiro atoms. The summed E-state index contributed by atoms with van der Waals surface area (Å²) in [4.78, 5) is 4.99. The molecule has 0 aromatic heterocycles. The summed E-state index contributed by atoms with van der Waals surface area (Å²) < 4.78 is 0. The lowest BCUT2D eigenvalue weighted by atomic mass is 9.87. The van der Waals surface area contributed by atoms with Crippen molar-refractivity contribution in [3.8, 4) is 0 Å². The van der Waals surface area contributed by atoms with Gasteiger partial charge in [-0.2, -0.15) is 0 Å². The van der Waals surface area contributed by atoms with E-state index in [4.69, 9.17) is 4.99 Å². The fourth-order valence-corrected chi connectivity index (χ4v) is 4.03. The number of hydrogen-bond acceptors (Lipinski definition) is 1. The van der Waals surface area contributed by atoms with Gasteiger partial charge in [-0.3, -0.25) is 4.99 Å². The van der Waals surface area contributed by atoms with Gasteiger partial charge in [0, 0.05) is 5.71 Å². The average molecular weight is 293 g/mol. The number of aliphatic imine (C=N–C) groups is 1. The van der Waals surface area contributed by atoms with Crippen molar-refractivity contribution in [1.29, 1.82) is 0 Å². The van der Waals surface area contributed by atoms with Gasteiger partial charge in [-0.1, -0.05) is 49.8 Å². The molecule has 3 rings (SSSR count). The van der Waals surface area contributed by atoms with Crippen molar-refractivity contribution in [2.45, 2.75) is 46.5 Å². The first-order valence-electron chi connectivity index (χ1n) is 8.57. The van der Waals surface area contributed by atoms with Gasteiger partial charge in [-0.25, -0.2) is 0 Å². The minimum Gasteiger partial charge on any atom is -0.253 e. The van der Waals surface area contributed by atoms with Crippen molar-refractivity contribution in [3.05, 3.63) is 53.6 Å². The zero-order valence-electron chi connectivity index (χ0n) is 14.1. The molecule has 22 heavy (non-hydrogen) atoms. The molecule has 2 aliphatic carbocycles. The predicted molar refractivity (Wildman–Crippen MR) is 95.7 cm³/mol. The van der Waals surface area contributed by atoms with E-state index in [1.807, 2.05) is 0 Å². The Hall–Kier alpha value is -1.63. The van der Waals surface area contributed by atoms with Crippen LogP contribution in [0.1, 0.15) is 46.5 Å². The summed E-state index contributed by atoms with van der Waals surface area (Å²) in [6.07, 6.45) is 4.84. The van der Waals surface area contributed by atoms with E-state index in [2.05, 4.69) is 57.7 Å². The molecule has 0 heterocycles. The van der Waals surface area contributed by atoms with Gasteiger partial charge in [0.2, 0.25) is 0 Å². The van der Waals surface area contributed by atoms with Gasteiger partial charge in [0.1, 0.15) is 0 Å². The summed E-state index contributed by atoms with van der Waals surface area (Å²) in [7, 11) is 0. The van der Waals surface area contributed by atoms with Crippen LogP contribution in [0, 0.1) is 17.8 Å². The number of benzene rings is 1. The first-order chi connectivity index (χ1) is 10.6. The molecule has 0 radical (unpaired) electrons. The largest absolute Gasteiger partial charge is 0.253 e. The maximum atomic E-state index is 4.99. The van der Waals surface area contributed by atoms with Crippen LogP contribution in [0.5, 0.6) is 0 Å². The Labute approximate surface area is 134 Å². The first kappa shape index (κ1) is 15.3. The molecule has 1 heteroatoms. The van der Waals surface area contributed by atoms with E-state index in [0.717, 1.165) is 12.1 Å². The second-order valence-corrected chi connectivity index (χ2v) is 7.16. The minimum atomic E-state index is 0.631. The average Bonchev–Trinajstić information content (AvgIpc) is 2.67. The summed E-state index contributed by atoms with van der Waals surface area (Å²) in [5, 5.41) is 0. The second kappa shape index (κ2) is 6.24. The lowest BCUT2D eigenvalue weighted by Crippen LogP contribution is -2.08. The quantitative estimate of drug-likeness (QED) is 0.583. The molecule has 1 nitrogen and oxygen atoms in total. The van der Waals surface area contributed by atoms with Gasteiger partial charge in [-0.15, -0.1) is 0 Å². The third kappa shape index (κ3) is 2.95. The summed E-state index contributed by atoms with van der Waals surface area (Å²) in [6.45, 7) is 11.2. The molecule has 0 aliphatic heterocycles. The summed E-state index contributed by atoms with van der Waals surface area (Å²) in [6, 6.07) is 10.4. The van der Waals surface area contributed by atoms with Gasteiger partial charge < -0.3 is 0 Å². The highest BCUT2D eigenvalue weighted by Crippen LogP contribution is 2.44. The van der Waals surface area contributed by atoms with E-state index < -0.39 is 0 Å². The van der Waals surface area contributed by atoms with Gasteiger partial charge in [0.05, 0.1) is 5.69 Å². The topological polar surface area (TPSA) is 12.4 Å². The SMILES string of the molecule is C=C(C)[C@@H]1CC[C@H](C)C2=C(C1)[C@@H](C)CC2=Nc1ccccc1. The summed E-state index contributed by atoms with van der Waals surface area (Å²) in [5.74, 6) is 1.93. The van der Waals surface area contributed by atoms with E-state index in [0.29, 0.717) is 17.8 Å². The lowest BCUT2D eigenvalue weighted by Gasteiger charge is -2.18. The molecule has 116 valence electrons. The molecule has 0 fully saturated rings. The van der Waals surface area contributed by atoms with Crippen molar-refractivity contribution in [2.24, 2.45) is 22.7 Å². The molecule has 0 saturated carbocycles. The van der Waals surface area contributed by atoms with E-state index in [9.17, 15) is 0 Å². The predicted octanol–water partition coefficient (Wildman–Crippen LogP) is 6.11. The number of rotatable bonds is 2. The van der Waals surface area contributed by atoms with E-state index >= 15 is 0 Å². The van der Waals surface area contributed by atoms with Crippen LogP contribution in [-0.4, -0.2) is 5.71 Å². The number of hydrogen-bond donors (Lipinski definition) is 0. The monoisotopic (exact) mass is 293 g/mol. The van der Waals surface area contributed by atoms with Crippen LogP contribution in [0.15, 0.2) is 58.6 Å². The Balaban J connectivity index is 1.98. The highest BCUT2D eigenvalue weighted by molar-refractivity contribution is 6.05. The third-order valence-electron chi connectivity index (χ3n) is 5.38. The maximum absolute atomic E-state index is 4.99. The van der Waals surface area contributed by atoms with Crippen molar-refractivity contribution >= 4 is 11.4 Å². The minimum absolute atomic E-state index is 0.631. The molecule has 0 unspecified atom stereocenters. The van der Waals surface area contributed by atoms with Crippen LogP contribution in [0.25, 0.3) is 0 Å². The van der Waals surface area contributed by atoms with Gasteiger partial charge in [0.25, 0.3) is 0 Å². The molecule has 0 N–H and O–H groups in total. The maximum Gasteiger partial charge on any atom is 0.0633 e. The first-order valence-corrected chi connectivity index (χ1v) is 8.57. The summed E-state index contributed by atoms with van der Waals surface area (Å²) >= 11 is 0. The van der Waals surface area contributed by atoms with Crippen LogP contribution < -0.4 is 0 Å². The Morgan fingerprint density at radius 3 is 2.45 bits per heavy atom. The van der Waals surface area contributed by atoms with E-state index in [1.165, 1.54) is 30.5 Å². The summed E-state index contributed by atoms with van der Waals surface area (Å²) in [5.41, 5.74) is 7.00. The number of allylic oxidation sites excluding steroid dienone is 3. The number of nitrogens with zero attached hydrogens (tertiary/aromatic N) is 1. The van der Waals surface area contributed by atoms with E-state index in [-0.39, 0.29) is 0 Å². The van der Waals surface area contributed by atoms with Crippen LogP contribution in [0.2, 0.25) is 0 Å². The lowest BCUT2D eigenvalue weighted by molar-refractivity contribution is 0.494. The Kier molecular flexibility index (Phi) is 4.33. The van der Waals surface area contributed by atoms with Crippen molar-refractivity contribution in [2.75, 3.05) is 0 Å². The van der Waals surface area contributed by atoms with Gasteiger partial charge in [-0.05, 0) is 68.1 Å². The fraction of sp³-hybridized carbons (Fsp3) is 0.476. The van der Waals surface area contributed by atoms with Crippen LogP contribution in [-0.2, 0) is 0 Å². The zero-order chi connectivity index (χ0) is 15.7. The molecule has 0 bridgehead atoms. The molecule has 3 atom stereocenters. The third-order valence-corrected chi connectivity index (χ3v) is 5.38. The molecular weight excluding hydrogens is 266 g/mol. The van der Waals surface area contributed by atoms with Crippen molar-refractivity contribution in [1.82, 2.24) is 0 Å². The highest BCUT2D eigenvalue weighted by atomic mass is 14.8. The zero-order valence-corrected chi connectivity index (χ0v) is 14.1. The fourth-order valence-electron chi connectivity index (χ4n) is 4.03. The van der Waals surface area contributed by atoms with Gasteiger partial charge >= 0.3 is 0 Å². The Morgan fingerprint density at radius 1 is 1.05 bits per heavy atom. The standard InChI is InChI=1S/C21H27N/c1-14(2)17-11-10-15(3)21-19(13-17)16(4)12-20(21)22-18-8-6-5-7-9-18/h5-9,15-17H,1,10-13H2,2-4H3/t15-,16-,17+/m0/s1. The smallest absolute Gasteiger partial charge is 0.0633 e. The van der Waals surface area contributed by atoms with Crippen molar-refractivity contribution in [3.63, 3.8) is 0 Å². The Bertz CT molecular complexity index is 621. The molecular formula is C21H27N. The normalized spacial score (nSPS) is 30.3. The molecule has 2 aliphatic rings.